The van der Waals surface area contributed by atoms with Crippen molar-refractivity contribution in [2.45, 2.75) is 31.4 Å². The van der Waals surface area contributed by atoms with Crippen LogP contribution in [0.2, 0.25) is 0 Å². The topological polar surface area (TPSA) is 88.1 Å². The second kappa shape index (κ2) is 4.09. The first-order valence-electron chi connectivity index (χ1n) is 6.09. The van der Waals surface area contributed by atoms with Crippen LogP contribution in [-0.4, -0.2) is 47.6 Å². The molecule has 0 aliphatic carbocycles. The minimum atomic E-state index is -0.339. The van der Waals surface area contributed by atoms with Crippen molar-refractivity contribution in [3.63, 3.8) is 0 Å². The van der Waals surface area contributed by atoms with Crippen LogP contribution in [0.4, 0.5) is 0 Å². The third kappa shape index (κ3) is 1.68. The van der Waals surface area contributed by atoms with Gasteiger partial charge in [0.05, 0.1) is 5.70 Å². The lowest BCUT2D eigenvalue weighted by Crippen LogP contribution is -2.47. The van der Waals surface area contributed by atoms with E-state index in [1.54, 1.807) is 13.1 Å². The highest BCUT2D eigenvalue weighted by Gasteiger charge is 2.49. The Balaban J connectivity index is 1.98. The Morgan fingerprint density at radius 1 is 1.63 bits per heavy atom. The third-order valence-electron chi connectivity index (χ3n) is 3.70. The predicted octanol–water partition coefficient (Wildman–Crippen LogP) is 0.869. The molecule has 4 rings (SSSR count). The molecular weight excluding hydrogens is 244 g/mol. The maximum Gasteiger partial charge on any atom is 0.229 e. The molecule has 98 valence electrons. The molecule has 4 aliphatic heterocycles. The molecule has 0 aromatic rings. The van der Waals surface area contributed by atoms with E-state index < -0.39 is 0 Å². The maximum absolute atomic E-state index is 8.74. The molecule has 4 aliphatic rings. The summed E-state index contributed by atoms with van der Waals surface area (Å²) in [4.78, 5) is 6.09. The van der Waals surface area contributed by atoms with Gasteiger partial charge >= 0.3 is 0 Å². The molecular formula is C12H14N6O. The van der Waals surface area contributed by atoms with Crippen molar-refractivity contribution in [2.24, 2.45) is 10.1 Å². The number of hydrogen-bond donors (Lipinski definition) is 1. The average Bonchev–Trinajstić information content (AvgIpc) is 2.83. The zero-order valence-corrected chi connectivity index (χ0v) is 10.6. The molecule has 19 heavy (non-hydrogen) atoms. The summed E-state index contributed by atoms with van der Waals surface area (Å²) in [5.41, 5.74) is 1.11. The summed E-state index contributed by atoms with van der Waals surface area (Å²) in [6.45, 7) is 3.48. The van der Waals surface area contributed by atoms with E-state index in [-0.39, 0.29) is 5.84 Å². The van der Waals surface area contributed by atoms with Gasteiger partial charge in [-0.05, 0) is 0 Å². The van der Waals surface area contributed by atoms with Crippen LogP contribution in [0.15, 0.2) is 21.6 Å². The van der Waals surface area contributed by atoms with Crippen LogP contribution in [0.25, 0.3) is 0 Å². The van der Waals surface area contributed by atoms with Gasteiger partial charge in [0.15, 0.2) is 0 Å². The zero-order valence-electron chi connectivity index (χ0n) is 10.6. The minimum absolute atomic E-state index is 0.290. The Morgan fingerprint density at radius 3 is 3.05 bits per heavy atom. The van der Waals surface area contributed by atoms with E-state index in [4.69, 9.17) is 15.4 Å². The Labute approximate surface area is 111 Å². The molecule has 4 bridgehead atoms. The molecule has 2 atom stereocenters. The van der Waals surface area contributed by atoms with E-state index >= 15 is 0 Å². The standard InChI is InChI=1S/C12H14N6O/c1-15-17(2)12(16-11(14)6-13)18-7-3-8-5-9(18)10(4-7)19-8/h7-8,14H,1,3-5H2,2H3. The Hall–Kier alpha value is -2.36. The number of nitriles is 1. The Morgan fingerprint density at radius 2 is 2.42 bits per heavy atom. The van der Waals surface area contributed by atoms with Gasteiger partial charge in [0.1, 0.15) is 17.9 Å². The normalized spacial score (nSPS) is 27.4. The van der Waals surface area contributed by atoms with Crippen molar-refractivity contribution in [2.75, 3.05) is 7.05 Å². The van der Waals surface area contributed by atoms with Gasteiger partial charge in [0.25, 0.3) is 0 Å². The molecule has 2 fully saturated rings. The minimum Gasteiger partial charge on any atom is -0.492 e. The second-order valence-corrected chi connectivity index (χ2v) is 4.81. The zero-order chi connectivity index (χ0) is 13.6. The smallest absolute Gasteiger partial charge is 0.229 e. The van der Waals surface area contributed by atoms with Crippen LogP contribution >= 0.6 is 0 Å². The van der Waals surface area contributed by atoms with Gasteiger partial charge in [-0.15, -0.1) is 0 Å². The molecule has 7 nitrogen and oxygen atoms in total. The van der Waals surface area contributed by atoms with Crippen molar-refractivity contribution >= 4 is 18.5 Å². The quantitative estimate of drug-likeness (QED) is 0.429. The number of amidine groups is 1. The van der Waals surface area contributed by atoms with Gasteiger partial charge < -0.3 is 9.64 Å². The highest BCUT2D eigenvalue weighted by molar-refractivity contribution is 6.03. The molecule has 0 amide bonds. The van der Waals surface area contributed by atoms with Crippen molar-refractivity contribution in [1.82, 2.24) is 9.91 Å². The number of guanidine groups is 1. The van der Waals surface area contributed by atoms with Crippen LogP contribution in [0.1, 0.15) is 19.3 Å². The monoisotopic (exact) mass is 258 g/mol. The van der Waals surface area contributed by atoms with E-state index in [9.17, 15) is 0 Å². The lowest BCUT2D eigenvalue weighted by Gasteiger charge is -2.37. The van der Waals surface area contributed by atoms with E-state index in [0.29, 0.717) is 18.1 Å². The van der Waals surface area contributed by atoms with Crippen LogP contribution in [0.3, 0.4) is 0 Å². The largest absolute Gasteiger partial charge is 0.492 e. The molecule has 0 spiro atoms. The summed E-state index contributed by atoms with van der Waals surface area (Å²) in [6, 6.07) is 2.02. The van der Waals surface area contributed by atoms with Gasteiger partial charge in [-0.1, -0.05) is 0 Å². The molecule has 7 heteroatoms. The first kappa shape index (κ1) is 11.7. The van der Waals surface area contributed by atoms with E-state index in [2.05, 4.69) is 16.8 Å². The summed E-state index contributed by atoms with van der Waals surface area (Å²) < 4.78 is 5.78. The van der Waals surface area contributed by atoms with E-state index in [1.807, 2.05) is 4.90 Å². The van der Waals surface area contributed by atoms with Crippen LogP contribution in [0, 0.1) is 16.7 Å². The highest BCUT2D eigenvalue weighted by atomic mass is 16.5. The van der Waals surface area contributed by atoms with Crippen molar-refractivity contribution < 1.29 is 4.74 Å². The van der Waals surface area contributed by atoms with E-state index in [0.717, 1.165) is 30.7 Å². The molecule has 0 aromatic heterocycles. The summed E-state index contributed by atoms with van der Waals surface area (Å²) in [5.74, 6) is 1.16. The molecule has 2 saturated heterocycles. The summed E-state index contributed by atoms with van der Waals surface area (Å²) in [7, 11) is 1.71. The van der Waals surface area contributed by atoms with Gasteiger partial charge in [-0.2, -0.15) is 15.4 Å². The molecule has 0 aromatic carbocycles. The fourth-order valence-electron chi connectivity index (χ4n) is 2.94. The number of ether oxygens (including phenoxy) is 1. The summed E-state index contributed by atoms with van der Waals surface area (Å²) in [5, 5.41) is 21.5. The number of rotatable bonds is 1. The predicted molar refractivity (Wildman–Crippen MR) is 69.5 cm³/mol. The molecule has 2 unspecified atom stereocenters. The van der Waals surface area contributed by atoms with Crippen molar-refractivity contribution in [1.29, 1.82) is 10.7 Å². The van der Waals surface area contributed by atoms with Gasteiger partial charge in [0.2, 0.25) is 11.8 Å². The number of aliphatic imine (C=N–C) groups is 1. The van der Waals surface area contributed by atoms with Crippen LogP contribution < -0.4 is 0 Å². The third-order valence-corrected chi connectivity index (χ3v) is 3.70. The summed E-state index contributed by atoms with van der Waals surface area (Å²) >= 11 is 0. The first-order valence-corrected chi connectivity index (χ1v) is 6.09. The van der Waals surface area contributed by atoms with E-state index in [1.165, 1.54) is 5.01 Å². The number of hydrogen-bond acceptors (Lipinski definition) is 4. The fourth-order valence-corrected chi connectivity index (χ4v) is 2.94. The van der Waals surface area contributed by atoms with Gasteiger partial charge in [-0.25, -0.2) is 5.01 Å². The van der Waals surface area contributed by atoms with Crippen molar-refractivity contribution in [3.8, 4) is 6.07 Å². The molecule has 1 N–H and O–H groups in total. The summed E-state index contributed by atoms with van der Waals surface area (Å²) in [6.07, 6.45) is 2.97. The number of hydrazone groups is 1. The maximum atomic E-state index is 8.74. The van der Waals surface area contributed by atoms with Crippen LogP contribution in [-0.2, 0) is 4.74 Å². The number of nitrogens with zero attached hydrogens (tertiary/aromatic N) is 5. The SMILES string of the molecule is C=NN(C)C(=NC(=N)C#N)N1C2=C3CC1CC(C2)O3. The Bertz CT molecular complexity index is 557. The lowest BCUT2D eigenvalue weighted by atomic mass is 10.0. The fraction of sp³-hybridized carbons (Fsp3) is 0.500. The molecule has 0 radical (unpaired) electrons. The number of nitrogens with one attached hydrogen (secondary N) is 1. The van der Waals surface area contributed by atoms with Crippen LogP contribution in [0.5, 0.6) is 0 Å². The highest BCUT2D eigenvalue weighted by Crippen LogP contribution is 2.47. The molecule has 0 saturated carbocycles. The van der Waals surface area contributed by atoms with Crippen molar-refractivity contribution in [3.05, 3.63) is 11.5 Å². The van der Waals surface area contributed by atoms with Gasteiger partial charge in [0, 0.05) is 39.1 Å². The first-order chi connectivity index (χ1) is 9.13. The second-order valence-electron chi connectivity index (χ2n) is 4.81. The van der Waals surface area contributed by atoms with Gasteiger partial charge in [-0.3, -0.25) is 5.41 Å². The Kier molecular flexibility index (Phi) is 2.52. The molecule has 4 heterocycles. The lowest BCUT2D eigenvalue weighted by molar-refractivity contribution is 0.0650. The number of piperidine rings is 1. The average molecular weight is 258 g/mol.